The standard InChI is InChI=1S/C27H36BrFN2O3/c1-7-23(26(33)30-15-18(2)3)31(16-19-8-11-21(29)12-9-19)25(32)17-34-24-13-10-20(14-22(24)28)27(4,5)6/h8-14,18,23H,7,15-17H2,1-6H3,(H,30,33). The van der Waals surface area contributed by atoms with E-state index in [2.05, 4.69) is 42.0 Å². The Hall–Kier alpha value is -2.41. The van der Waals surface area contributed by atoms with Crippen molar-refractivity contribution in [2.24, 2.45) is 5.92 Å². The van der Waals surface area contributed by atoms with E-state index in [9.17, 15) is 14.0 Å². The lowest BCUT2D eigenvalue weighted by atomic mass is 9.87. The molecule has 7 heteroatoms. The fraction of sp³-hybridized carbons (Fsp3) is 0.481. The summed E-state index contributed by atoms with van der Waals surface area (Å²) in [6.45, 7) is 12.8. The summed E-state index contributed by atoms with van der Waals surface area (Å²) in [7, 11) is 0. The Morgan fingerprint density at radius 2 is 1.76 bits per heavy atom. The zero-order valence-corrected chi connectivity index (χ0v) is 22.5. The van der Waals surface area contributed by atoms with Crippen molar-refractivity contribution < 1.29 is 18.7 Å². The zero-order chi connectivity index (χ0) is 25.5. The van der Waals surface area contributed by atoms with E-state index in [0.29, 0.717) is 24.6 Å². The van der Waals surface area contributed by atoms with Gasteiger partial charge in [0.15, 0.2) is 6.61 Å². The summed E-state index contributed by atoms with van der Waals surface area (Å²) in [5.74, 6) is -0.0277. The summed E-state index contributed by atoms with van der Waals surface area (Å²) in [6.07, 6.45) is 0.445. The molecule has 1 unspecified atom stereocenters. The highest BCUT2D eigenvalue weighted by atomic mass is 79.9. The predicted molar refractivity (Wildman–Crippen MR) is 137 cm³/mol. The van der Waals surface area contributed by atoms with Gasteiger partial charge in [-0.15, -0.1) is 0 Å². The quantitative estimate of drug-likeness (QED) is 0.416. The van der Waals surface area contributed by atoms with Gasteiger partial charge in [0.2, 0.25) is 5.91 Å². The van der Waals surface area contributed by atoms with Gasteiger partial charge in [0, 0.05) is 13.1 Å². The Morgan fingerprint density at radius 3 is 2.29 bits per heavy atom. The van der Waals surface area contributed by atoms with Crippen LogP contribution in [0.25, 0.3) is 0 Å². The molecule has 0 saturated carbocycles. The fourth-order valence-corrected chi connectivity index (χ4v) is 3.93. The molecule has 0 aliphatic rings. The van der Waals surface area contributed by atoms with Crippen molar-refractivity contribution in [3.8, 4) is 5.75 Å². The molecule has 1 atom stereocenters. The van der Waals surface area contributed by atoms with E-state index < -0.39 is 6.04 Å². The van der Waals surface area contributed by atoms with Crippen LogP contribution in [0.5, 0.6) is 5.75 Å². The Kier molecular flexibility index (Phi) is 10.1. The third-order valence-electron chi connectivity index (χ3n) is 5.49. The number of benzene rings is 2. The number of halogens is 2. The van der Waals surface area contributed by atoms with Gasteiger partial charge in [0.1, 0.15) is 17.6 Å². The second kappa shape index (κ2) is 12.3. The maximum atomic E-state index is 13.4. The molecule has 5 nitrogen and oxygen atoms in total. The first-order valence-electron chi connectivity index (χ1n) is 11.7. The van der Waals surface area contributed by atoms with Gasteiger partial charge in [0.25, 0.3) is 5.91 Å². The van der Waals surface area contributed by atoms with Crippen LogP contribution in [0.2, 0.25) is 0 Å². The van der Waals surface area contributed by atoms with E-state index >= 15 is 0 Å². The minimum atomic E-state index is -0.661. The first kappa shape index (κ1) is 27.8. The van der Waals surface area contributed by atoms with Crippen LogP contribution in [-0.2, 0) is 21.5 Å². The zero-order valence-electron chi connectivity index (χ0n) is 21.0. The van der Waals surface area contributed by atoms with Crippen LogP contribution >= 0.6 is 15.9 Å². The number of hydrogen-bond donors (Lipinski definition) is 1. The summed E-state index contributed by atoms with van der Waals surface area (Å²) >= 11 is 3.54. The van der Waals surface area contributed by atoms with Crippen LogP contribution < -0.4 is 10.1 Å². The normalized spacial score (nSPS) is 12.4. The average Bonchev–Trinajstić information content (AvgIpc) is 2.77. The van der Waals surface area contributed by atoms with Crippen molar-refractivity contribution in [1.82, 2.24) is 10.2 Å². The molecule has 0 aliphatic heterocycles. The highest BCUT2D eigenvalue weighted by Gasteiger charge is 2.29. The molecule has 0 aromatic heterocycles. The molecule has 1 N–H and O–H groups in total. The molecule has 0 aliphatic carbocycles. The number of carbonyl (C=O) groups is 2. The van der Waals surface area contributed by atoms with Crippen molar-refractivity contribution in [3.05, 3.63) is 63.9 Å². The van der Waals surface area contributed by atoms with Crippen molar-refractivity contribution in [2.45, 2.75) is 66.0 Å². The molecule has 34 heavy (non-hydrogen) atoms. The summed E-state index contributed by atoms with van der Waals surface area (Å²) in [6, 6.07) is 11.1. The number of ether oxygens (including phenoxy) is 1. The molecule has 0 heterocycles. The van der Waals surface area contributed by atoms with E-state index in [0.717, 1.165) is 15.6 Å². The van der Waals surface area contributed by atoms with Gasteiger partial charge < -0.3 is 15.0 Å². The third kappa shape index (κ3) is 8.12. The number of carbonyl (C=O) groups excluding carboxylic acids is 2. The molecule has 2 aromatic carbocycles. The first-order valence-corrected chi connectivity index (χ1v) is 12.5. The second-order valence-electron chi connectivity index (χ2n) is 9.90. The summed E-state index contributed by atoms with van der Waals surface area (Å²) in [5.41, 5.74) is 1.87. The maximum Gasteiger partial charge on any atom is 0.261 e. The number of rotatable bonds is 10. The van der Waals surface area contributed by atoms with Gasteiger partial charge in [-0.2, -0.15) is 0 Å². The number of nitrogens with one attached hydrogen (secondary N) is 1. The van der Waals surface area contributed by atoms with Gasteiger partial charge in [-0.3, -0.25) is 9.59 Å². The SMILES string of the molecule is CCC(C(=O)NCC(C)C)N(Cc1ccc(F)cc1)C(=O)COc1ccc(C(C)(C)C)cc1Br. The van der Waals surface area contributed by atoms with Crippen molar-refractivity contribution in [1.29, 1.82) is 0 Å². The molecule has 0 spiro atoms. The minimum absolute atomic E-state index is 0.0134. The monoisotopic (exact) mass is 534 g/mol. The lowest BCUT2D eigenvalue weighted by Crippen LogP contribution is -2.50. The Balaban J connectivity index is 2.22. The van der Waals surface area contributed by atoms with E-state index in [-0.39, 0.29) is 36.2 Å². The molecular weight excluding hydrogens is 499 g/mol. The Morgan fingerprint density at radius 1 is 1.12 bits per heavy atom. The molecule has 0 fully saturated rings. The fourth-order valence-electron chi connectivity index (χ4n) is 3.44. The second-order valence-corrected chi connectivity index (χ2v) is 10.7. The van der Waals surface area contributed by atoms with E-state index in [1.54, 1.807) is 12.1 Å². The molecule has 0 saturated heterocycles. The molecule has 2 rings (SSSR count). The Labute approximate surface area is 211 Å². The smallest absolute Gasteiger partial charge is 0.261 e. The molecule has 2 aromatic rings. The summed E-state index contributed by atoms with van der Waals surface area (Å²) in [5, 5.41) is 2.93. The first-order chi connectivity index (χ1) is 15.9. The van der Waals surface area contributed by atoms with E-state index in [1.807, 2.05) is 39.0 Å². The van der Waals surface area contributed by atoms with Crippen LogP contribution in [0.4, 0.5) is 4.39 Å². The van der Waals surface area contributed by atoms with Crippen molar-refractivity contribution in [2.75, 3.05) is 13.2 Å². The van der Waals surface area contributed by atoms with Gasteiger partial charge >= 0.3 is 0 Å². The van der Waals surface area contributed by atoms with E-state index in [4.69, 9.17) is 4.74 Å². The molecule has 186 valence electrons. The highest BCUT2D eigenvalue weighted by molar-refractivity contribution is 9.10. The van der Waals surface area contributed by atoms with Crippen LogP contribution in [0.1, 0.15) is 59.1 Å². The van der Waals surface area contributed by atoms with Crippen LogP contribution in [0, 0.1) is 11.7 Å². The summed E-state index contributed by atoms with van der Waals surface area (Å²) < 4.78 is 20.0. The largest absolute Gasteiger partial charge is 0.483 e. The van der Waals surface area contributed by atoms with Crippen LogP contribution in [0.15, 0.2) is 46.9 Å². The minimum Gasteiger partial charge on any atom is -0.483 e. The summed E-state index contributed by atoms with van der Waals surface area (Å²) in [4.78, 5) is 27.7. The highest BCUT2D eigenvalue weighted by Crippen LogP contribution is 2.31. The lowest BCUT2D eigenvalue weighted by Gasteiger charge is -2.31. The van der Waals surface area contributed by atoms with Gasteiger partial charge in [0.05, 0.1) is 4.47 Å². The van der Waals surface area contributed by atoms with E-state index in [1.165, 1.54) is 17.0 Å². The maximum absolute atomic E-state index is 13.4. The van der Waals surface area contributed by atoms with Gasteiger partial charge in [-0.05, 0) is 69.1 Å². The Bertz CT molecular complexity index is 971. The van der Waals surface area contributed by atoms with Crippen molar-refractivity contribution >= 4 is 27.7 Å². The average molecular weight is 535 g/mol. The van der Waals surface area contributed by atoms with Crippen molar-refractivity contribution in [3.63, 3.8) is 0 Å². The topological polar surface area (TPSA) is 58.6 Å². The van der Waals surface area contributed by atoms with Crippen LogP contribution in [0.3, 0.4) is 0 Å². The predicted octanol–water partition coefficient (Wildman–Crippen LogP) is 5.84. The van der Waals surface area contributed by atoms with Crippen LogP contribution in [-0.4, -0.2) is 35.9 Å². The number of amides is 2. The molecule has 0 bridgehead atoms. The van der Waals surface area contributed by atoms with Gasteiger partial charge in [-0.1, -0.05) is 59.7 Å². The molecule has 0 radical (unpaired) electrons. The molecular formula is C27H36BrFN2O3. The lowest BCUT2D eigenvalue weighted by molar-refractivity contribution is -0.143. The molecule has 2 amide bonds. The third-order valence-corrected chi connectivity index (χ3v) is 6.11. The number of hydrogen-bond acceptors (Lipinski definition) is 3. The van der Waals surface area contributed by atoms with Gasteiger partial charge in [-0.25, -0.2) is 4.39 Å². The number of nitrogens with zero attached hydrogens (tertiary/aromatic N) is 1.